The maximum absolute atomic E-state index is 4.93. The molecule has 0 spiro atoms. The molecule has 0 aliphatic rings. The average Bonchev–Trinajstić information content (AvgIpc) is 3.12. The Morgan fingerprint density at radius 3 is 2.48 bits per heavy atom. The summed E-state index contributed by atoms with van der Waals surface area (Å²) in [5.74, 6) is 0. The first-order valence-corrected chi connectivity index (χ1v) is 14.7. The van der Waals surface area contributed by atoms with Gasteiger partial charge in [0.05, 0.1) is 0 Å². The first-order valence-electron chi connectivity index (χ1n) is 8.39. The summed E-state index contributed by atoms with van der Waals surface area (Å²) < 4.78 is 0. The number of aryl methyl sites for hydroxylation is 4. The van der Waals surface area contributed by atoms with Gasteiger partial charge in [-0.15, -0.1) is 80.2 Å². The van der Waals surface area contributed by atoms with Crippen LogP contribution in [0.4, 0.5) is 0 Å². The van der Waals surface area contributed by atoms with Crippen molar-refractivity contribution in [2.75, 3.05) is 0 Å². The van der Waals surface area contributed by atoms with Crippen LogP contribution in [-0.2, 0) is 33.7 Å². The molecule has 0 unspecified atom stereocenters. The van der Waals surface area contributed by atoms with Crippen molar-refractivity contribution in [2.24, 2.45) is 0 Å². The SMILES string of the molecule is Cc1cc2cccc(CC[c-]3c(C)cc4ccccc43)c2[cH-]1.[Cl][Zr+2][Cl]. The van der Waals surface area contributed by atoms with Crippen molar-refractivity contribution in [2.45, 2.75) is 26.7 Å². The van der Waals surface area contributed by atoms with E-state index in [2.05, 4.69) is 74.5 Å². The monoisotopic (exact) mass is 444 g/mol. The van der Waals surface area contributed by atoms with Gasteiger partial charge in [-0.1, -0.05) is 38.8 Å². The van der Waals surface area contributed by atoms with Gasteiger partial charge in [-0.05, 0) is 0 Å². The zero-order valence-electron chi connectivity index (χ0n) is 14.4. The van der Waals surface area contributed by atoms with Crippen LogP contribution in [0.2, 0.25) is 0 Å². The summed E-state index contributed by atoms with van der Waals surface area (Å²) >= 11 is -0.826. The Bertz CT molecular complexity index is 978. The third-order valence-corrected chi connectivity index (χ3v) is 4.76. The summed E-state index contributed by atoms with van der Waals surface area (Å²) in [5, 5.41) is 5.59. The van der Waals surface area contributed by atoms with Gasteiger partial charge in [0.2, 0.25) is 0 Å². The second-order valence-corrected chi connectivity index (χ2v) is 10.1. The van der Waals surface area contributed by atoms with Crippen LogP contribution in [-0.4, -0.2) is 0 Å². The fourth-order valence-electron chi connectivity index (χ4n) is 3.69. The second-order valence-electron chi connectivity index (χ2n) is 6.42. The van der Waals surface area contributed by atoms with Gasteiger partial charge in [0.15, 0.2) is 0 Å². The van der Waals surface area contributed by atoms with E-state index in [0.29, 0.717) is 0 Å². The van der Waals surface area contributed by atoms with Crippen LogP contribution in [0.3, 0.4) is 0 Å². The van der Waals surface area contributed by atoms with Crippen molar-refractivity contribution >= 4 is 38.6 Å². The van der Waals surface area contributed by atoms with Gasteiger partial charge in [-0.3, -0.25) is 0 Å². The quantitative estimate of drug-likeness (QED) is 0.292. The van der Waals surface area contributed by atoms with Crippen LogP contribution < -0.4 is 0 Å². The van der Waals surface area contributed by atoms with E-state index < -0.39 is 20.8 Å². The van der Waals surface area contributed by atoms with Gasteiger partial charge < -0.3 is 0 Å². The molecule has 4 aromatic rings. The van der Waals surface area contributed by atoms with Crippen molar-refractivity contribution in [3.8, 4) is 0 Å². The predicted octanol–water partition coefficient (Wildman–Crippen LogP) is 7.21. The molecule has 0 saturated heterocycles. The third-order valence-electron chi connectivity index (χ3n) is 4.76. The predicted molar refractivity (Wildman–Crippen MR) is 108 cm³/mol. The first-order chi connectivity index (χ1) is 12.1. The van der Waals surface area contributed by atoms with Crippen LogP contribution in [0.1, 0.15) is 22.3 Å². The van der Waals surface area contributed by atoms with Crippen LogP contribution in [0.15, 0.2) is 60.7 Å². The Morgan fingerprint density at radius 1 is 0.960 bits per heavy atom. The summed E-state index contributed by atoms with van der Waals surface area (Å²) in [6.45, 7) is 4.42. The van der Waals surface area contributed by atoms with Crippen molar-refractivity contribution in [3.63, 3.8) is 0 Å². The molecule has 0 bridgehead atoms. The van der Waals surface area contributed by atoms with E-state index in [0.717, 1.165) is 12.8 Å². The van der Waals surface area contributed by atoms with Crippen molar-refractivity contribution in [3.05, 3.63) is 82.9 Å². The van der Waals surface area contributed by atoms with E-state index in [1.54, 1.807) is 0 Å². The Morgan fingerprint density at radius 2 is 1.68 bits per heavy atom. The first kappa shape index (κ1) is 18.9. The maximum atomic E-state index is 4.93. The summed E-state index contributed by atoms with van der Waals surface area (Å²) in [5.41, 5.74) is 5.76. The van der Waals surface area contributed by atoms with E-state index >= 15 is 0 Å². The molecular formula is C22H20Cl2Zr. The van der Waals surface area contributed by atoms with E-state index in [4.69, 9.17) is 17.0 Å². The van der Waals surface area contributed by atoms with E-state index in [1.807, 2.05) is 0 Å². The molecule has 0 aromatic heterocycles. The molecule has 25 heavy (non-hydrogen) atoms. The molecule has 0 amide bonds. The molecule has 0 fully saturated rings. The normalized spacial score (nSPS) is 10.6. The van der Waals surface area contributed by atoms with E-state index in [1.165, 1.54) is 43.8 Å². The minimum absolute atomic E-state index is 0.826. The zero-order valence-corrected chi connectivity index (χ0v) is 18.4. The summed E-state index contributed by atoms with van der Waals surface area (Å²) in [4.78, 5) is 0. The molecule has 0 saturated carbocycles. The fraction of sp³-hybridized carbons (Fsp3) is 0.182. The number of halogens is 2. The minimum atomic E-state index is -0.826. The Kier molecular flexibility index (Phi) is 6.56. The molecular weight excluding hydrogens is 426 g/mol. The van der Waals surface area contributed by atoms with Crippen LogP contribution in [0.5, 0.6) is 0 Å². The molecule has 0 N–H and O–H groups in total. The summed E-state index contributed by atoms with van der Waals surface area (Å²) in [6.07, 6.45) is 2.22. The van der Waals surface area contributed by atoms with Gasteiger partial charge in [-0.2, -0.15) is 12.1 Å². The van der Waals surface area contributed by atoms with Crippen LogP contribution in [0, 0.1) is 13.8 Å². The van der Waals surface area contributed by atoms with E-state index in [9.17, 15) is 0 Å². The molecule has 126 valence electrons. The van der Waals surface area contributed by atoms with Crippen molar-refractivity contribution in [1.82, 2.24) is 0 Å². The molecule has 0 aliphatic carbocycles. The number of benzene rings is 2. The van der Waals surface area contributed by atoms with Crippen molar-refractivity contribution < 1.29 is 20.8 Å². The topological polar surface area (TPSA) is 0 Å². The summed E-state index contributed by atoms with van der Waals surface area (Å²) in [6, 6.07) is 22.3. The van der Waals surface area contributed by atoms with Gasteiger partial charge in [0.1, 0.15) is 0 Å². The van der Waals surface area contributed by atoms with Gasteiger partial charge >= 0.3 is 37.9 Å². The molecule has 0 heterocycles. The Balaban J connectivity index is 0.000000569. The summed E-state index contributed by atoms with van der Waals surface area (Å²) in [7, 11) is 9.87. The zero-order chi connectivity index (χ0) is 17.8. The average molecular weight is 447 g/mol. The van der Waals surface area contributed by atoms with E-state index in [-0.39, 0.29) is 0 Å². The number of hydrogen-bond acceptors (Lipinski definition) is 0. The van der Waals surface area contributed by atoms with Crippen LogP contribution >= 0.6 is 17.0 Å². The molecule has 0 atom stereocenters. The molecule has 4 rings (SSSR count). The second kappa shape index (κ2) is 8.67. The standard InChI is InChI=1S/C22H20.2ClH.Zr/c1-15-12-18-8-5-7-17(22(18)13-15)10-11-20-16(2)14-19-6-3-4-9-21(19)20;;;/h3-9,12-14H,10-11H2,1-2H3;2*1H;/q-2;;;+4/p-2. The van der Waals surface area contributed by atoms with Gasteiger partial charge in [0, 0.05) is 0 Å². The van der Waals surface area contributed by atoms with Crippen LogP contribution in [0.25, 0.3) is 21.5 Å². The Hall–Kier alpha value is -0.877. The molecule has 0 nitrogen and oxygen atoms in total. The van der Waals surface area contributed by atoms with Gasteiger partial charge in [-0.25, -0.2) is 0 Å². The third kappa shape index (κ3) is 4.28. The Labute approximate surface area is 168 Å². The molecule has 4 aromatic carbocycles. The molecule has 0 aliphatic heterocycles. The molecule has 0 radical (unpaired) electrons. The van der Waals surface area contributed by atoms with Gasteiger partial charge in [0.25, 0.3) is 0 Å². The van der Waals surface area contributed by atoms with Crippen molar-refractivity contribution in [1.29, 1.82) is 0 Å². The molecule has 3 heteroatoms. The fourth-order valence-corrected chi connectivity index (χ4v) is 3.69. The number of fused-ring (bicyclic) bond motifs is 2. The number of rotatable bonds is 3. The number of hydrogen-bond donors (Lipinski definition) is 0.